The van der Waals surface area contributed by atoms with Gasteiger partial charge in [0.1, 0.15) is 11.5 Å². The molecule has 102 valence electrons. The normalized spacial score (nSPS) is 11.4. The van der Waals surface area contributed by atoms with Crippen LogP contribution in [0, 0.1) is 0 Å². The standard InChI is InChI=1S/C16H14O4/c17-13(7-9-15-3-1-11-19-15)5-6-14(18)8-10-16-4-2-12-20-16/h1-4,7-12H,5-6H2. The minimum absolute atomic E-state index is 0.110. The summed E-state index contributed by atoms with van der Waals surface area (Å²) in [4.78, 5) is 23.1. The van der Waals surface area contributed by atoms with E-state index in [1.165, 1.54) is 24.7 Å². The Morgan fingerprint density at radius 1 is 0.850 bits per heavy atom. The minimum atomic E-state index is -0.110. The molecular formula is C16H14O4. The highest BCUT2D eigenvalue weighted by atomic mass is 16.3. The second kappa shape index (κ2) is 7.09. The molecule has 4 nitrogen and oxygen atoms in total. The smallest absolute Gasteiger partial charge is 0.156 e. The summed E-state index contributed by atoms with van der Waals surface area (Å²) in [5.74, 6) is 1.01. The van der Waals surface area contributed by atoms with Gasteiger partial charge in [0.2, 0.25) is 0 Å². The maximum Gasteiger partial charge on any atom is 0.156 e. The monoisotopic (exact) mass is 270 g/mol. The van der Waals surface area contributed by atoms with Crippen molar-refractivity contribution in [3.05, 3.63) is 60.5 Å². The Morgan fingerprint density at radius 2 is 1.30 bits per heavy atom. The molecule has 20 heavy (non-hydrogen) atoms. The maximum atomic E-state index is 11.6. The van der Waals surface area contributed by atoms with Gasteiger partial charge in [-0.1, -0.05) is 0 Å². The lowest BCUT2D eigenvalue weighted by Gasteiger charge is -1.92. The van der Waals surface area contributed by atoms with Gasteiger partial charge < -0.3 is 8.83 Å². The molecule has 0 N–H and O–H groups in total. The van der Waals surface area contributed by atoms with Crippen LogP contribution in [0.3, 0.4) is 0 Å². The van der Waals surface area contributed by atoms with Crippen LogP contribution in [0.2, 0.25) is 0 Å². The molecule has 0 aliphatic carbocycles. The Kier molecular flexibility index (Phi) is 4.89. The Labute approximate surface area is 116 Å². The molecular weight excluding hydrogens is 256 g/mol. The van der Waals surface area contributed by atoms with Crippen molar-refractivity contribution in [1.82, 2.24) is 0 Å². The lowest BCUT2D eigenvalue weighted by molar-refractivity contribution is -0.119. The third kappa shape index (κ3) is 4.57. The summed E-state index contributed by atoms with van der Waals surface area (Å²) in [6, 6.07) is 6.99. The number of hydrogen-bond acceptors (Lipinski definition) is 4. The van der Waals surface area contributed by atoms with Crippen molar-refractivity contribution in [2.24, 2.45) is 0 Å². The van der Waals surface area contributed by atoms with Crippen LogP contribution in [0.5, 0.6) is 0 Å². The minimum Gasteiger partial charge on any atom is -0.465 e. The van der Waals surface area contributed by atoms with Crippen LogP contribution in [0.4, 0.5) is 0 Å². The molecule has 2 aromatic heterocycles. The molecule has 0 aliphatic rings. The first-order chi connectivity index (χ1) is 9.74. The molecule has 0 saturated carbocycles. The van der Waals surface area contributed by atoms with Gasteiger partial charge in [0.05, 0.1) is 12.5 Å². The van der Waals surface area contributed by atoms with Gasteiger partial charge in [-0.05, 0) is 48.6 Å². The average Bonchev–Trinajstić information content (AvgIpc) is 3.13. The van der Waals surface area contributed by atoms with Crippen molar-refractivity contribution >= 4 is 23.7 Å². The number of carbonyl (C=O) groups is 2. The zero-order valence-electron chi connectivity index (χ0n) is 10.8. The van der Waals surface area contributed by atoms with E-state index in [9.17, 15) is 9.59 Å². The Morgan fingerprint density at radius 3 is 1.65 bits per heavy atom. The Balaban J connectivity index is 1.74. The van der Waals surface area contributed by atoms with Gasteiger partial charge in [0, 0.05) is 12.8 Å². The highest BCUT2D eigenvalue weighted by Gasteiger charge is 2.02. The van der Waals surface area contributed by atoms with E-state index in [1.807, 2.05) is 0 Å². The molecule has 0 atom stereocenters. The average molecular weight is 270 g/mol. The fraction of sp³-hybridized carbons (Fsp3) is 0.125. The zero-order chi connectivity index (χ0) is 14.2. The molecule has 0 aromatic carbocycles. The van der Waals surface area contributed by atoms with Crippen LogP contribution in [0.25, 0.3) is 12.2 Å². The maximum absolute atomic E-state index is 11.6. The van der Waals surface area contributed by atoms with Crippen molar-refractivity contribution in [2.45, 2.75) is 12.8 Å². The molecule has 0 fully saturated rings. The summed E-state index contributed by atoms with van der Waals surface area (Å²) in [5.41, 5.74) is 0. The van der Waals surface area contributed by atoms with E-state index < -0.39 is 0 Å². The predicted molar refractivity (Wildman–Crippen MR) is 74.7 cm³/mol. The Bertz CT molecular complexity index is 545. The van der Waals surface area contributed by atoms with E-state index >= 15 is 0 Å². The number of furan rings is 2. The van der Waals surface area contributed by atoms with Crippen LogP contribution in [-0.4, -0.2) is 11.6 Å². The third-order valence-corrected chi connectivity index (χ3v) is 2.57. The predicted octanol–water partition coefficient (Wildman–Crippen LogP) is 3.52. The molecule has 0 saturated heterocycles. The van der Waals surface area contributed by atoms with Gasteiger partial charge in [-0.3, -0.25) is 9.59 Å². The van der Waals surface area contributed by atoms with Gasteiger partial charge in [0.25, 0.3) is 0 Å². The molecule has 0 spiro atoms. The van der Waals surface area contributed by atoms with E-state index in [1.54, 1.807) is 36.4 Å². The lowest BCUT2D eigenvalue weighted by Crippen LogP contribution is -1.98. The van der Waals surface area contributed by atoms with Gasteiger partial charge in [0.15, 0.2) is 11.6 Å². The van der Waals surface area contributed by atoms with Gasteiger partial charge >= 0.3 is 0 Å². The van der Waals surface area contributed by atoms with Crippen molar-refractivity contribution in [1.29, 1.82) is 0 Å². The number of rotatable bonds is 7. The largest absolute Gasteiger partial charge is 0.465 e. The summed E-state index contributed by atoms with van der Waals surface area (Å²) in [7, 11) is 0. The fourth-order valence-electron chi connectivity index (χ4n) is 1.54. The van der Waals surface area contributed by atoms with E-state index in [4.69, 9.17) is 8.83 Å². The quantitative estimate of drug-likeness (QED) is 0.722. The topological polar surface area (TPSA) is 60.4 Å². The molecule has 0 unspecified atom stereocenters. The molecule has 0 aliphatic heterocycles. The summed E-state index contributed by atoms with van der Waals surface area (Å²) in [5, 5.41) is 0. The molecule has 0 amide bonds. The van der Waals surface area contributed by atoms with Crippen molar-refractivity contribution in [3.8, 4) is 0 Å². The SMILES string of the molecule is O=C(C=Cc1ccco1)CCC(=O)C=Cc1ccco1. The van der Waals surface area contributed by atoms with E-state index in [2.05, 4.69) is 0 Å². The molecule has 2 heterocycles. The second-order valence-corrected chi connectivity index (χ2v) is 4.13. The van der Waals surface area contributed by atoms with Gasteiger partial charge in [-0.2, -0.15) is 0 Å². The fourth-order valence-corrected chi connectivity index (χ4v) is 1.54. The molecule has 2 aromatic rings. The van der Waals surface area contributed by atoms with E-state index in [0.29, 0.717) is 11.5 Å². The van der Waals surface area contributed by atoms with E-state index in [0.717, 1.165) is 0 Å². The third-order valence-electron chi connectivity index (χ3n) is 2.57. The first-order valence-corrected chi connectivity index (χ1v) is 6.23. The van der Waals surface area contributed by atoms with Crippen LogP contribution in [0.1, 0.15) is 24.4 Å². The van der Waals surface area contributed by atoms with Crippen molar-refractivity contribution in [2.75, 3.05) is 0 Å². The first-order valence-electron chi connectivity index (χ1n) is 6.23. The molecule has 4 heteroatoms. The summed E-state index contributed by atoms with van der Waals surface area (Å²) < 4.78 is 10.1. The highest BCUT2D eigenvalue weighted by molar-refractivity contribution is 5.99. The lowest BCUT2D eigenvalue weighted by atomic mass is 10.1. The van der Waals surface area contributed by atoms with E-state index in [-0.39, 0.29) is 24.4 Å². The van der Waals surface area contributed by atoms with Crippen LogP contribution < -0.4 is 0 Å². The zero-order valence-corrected chi connectivity index (χ0v) is 10.8. The highest BCUT2D eigenvalue weighted by Crippen LogP contribution is 2.05. The Hall–Kier alpha value is -2.62. The molecule has 0 radical (unpaired) electrons. The number of ketones is 2. The van der Waals surface area contributed by atoms with Crippen LogP contribution >= 0.6 is 0 Å². The summed E-state index contributed by atoms with van der Waals surface area (Å²) in [6.45, 7) is 0. The number of allylic oxidation sites excluding steroid dienone is 2. The molecule has 0 bridgehead atoms. The summed E-state index contributed by atoms with van der Waals surface area (Å²) >= 11 is 0. The van der Waals surface area contributed by atoms with Crippen LogP contribution in [0.15, 0.2) is 57.8 Å². The van der Waals surface area contributed by atoms with Crippen molar-refractivity contribution < 1.29 is 18.4 Å². The van der Waals surface area contributed by atoms with Gasteiger partial charge in [-0.25, -0.2) is 0 Å². The first kappa shape index (κ1) is 13.8. The number of carbonyl (C=O) groups excluding carboxylic acids is 2. The summed E-state index contributed by atoms with van der Waals surface area (Å²) in [6.07, 6.45) is 9.44. The van der Waals surface area contributed by atoms with Gasteiger partial charge in [-0.15, -0.1) is 0 Å². The second-order valence-electron chi connectivity index (χ2n) is 4.13. The van der Waals surface area contributed by atoms with Crippen molar-refractivity contribution in [3.63, 3.8) is 0 Å². The molecule has 2 rings (SSSR count). The number of hydrogen-bond donors (Lipinski definition) is 0. The van der Waals surface area contributed by atoms with Crippen LogP contribution in [-0.2, 0) is 9.59 Å².